The predicted molar refractivity (Wildman–Crippen MR) is 130 cm³/mol. The van der Waals surface area contributed by atoms with Crippen molar-refractivity contribution in [2.24, 2.45) is 10.9 Å². The van der Waals surface area contributed by atoms with Crippen LogP contribution in [0.4, 0.5) is 0 Å². The van der Waals surface area contributed by atoms with Crippen LogP contribution in [0.5, 0.6) is 0 Å². The normalized spacial score (nSPS) is 20.3. The summed E-state index contributed by atoms with van der Waals surface area (Å²) >= 11 is -1.28. The number of rotatable bonds is 7. The van der Waals surface area contributed by atoms with E-state index in [0.717, 1.165) is 6.42 Å². The third-order valence-electron chi connectivity index (χ3n) is 5.23. The van der Waals surface area contributed by atoms with E-state index in [-0.39, 0.29) is 0 Å². The van der Waals surface area contributed by atoms with Gasteiger partial charge in [0.25, 0.3) is 0 Å². The number of hydrogen-bond donors (Lipinski definition) is 0. The molecule has 2 aliphatic rings. The van der Waals surface area contributed by atoms with Crippen LogP contribution in [0.25, 0.3) is 0 Å². The van der Waals surface area contributed by atoms with Crippen LogP contribution in [0.2, 0.25) is 0 Å². The third kappa shape index (κ3) is 9.83. The molecule has 0 radical (unpaired) electrons. The van der Waals surface area contributed by atoms with Gasteiger partial charge in [-0.2, -0.15) is 0 Å². The van der Waals surface area contributed by atoms with E-state index in [0.29, 0.717) is 12.0 Å². The molecule has 0 amide bonds. The molecule has 0 saturated heterocycles. The van der Waals surface area contributed by atoms with Gasteiger partial charge in [-0.1, -0.05) is 0 Å². The zero-order valence-corrected chi connectivity index (χ0v) is 20.1. The summed E-state index contributed by atoms with van der Waals surface area (Å²) in [6.07, 6.45) is 26.9. The monoisotopic (exact) mass is 485 g/mol. The van der Waals surface area contributed by atoms with Gasteiger partial charge in [0.1, 0.15) is 0 Å². The van der Waals surface area contributed by atoms with Gasteiger partial charge < -0.3 is 0 Å². The Morgan fingerprint density at radius 2 is 1.52 bits per heavy atom. The van der Waals surface area contributed by atoms with Crippen LogP contribution in [-0.4, -0.2) is 22.1 Å². The van der Waals surface area contributed by atoms with Crippen molar-refractivity contribution in [2.45, 2.75) is 90.5 Å². The molecule has 0 spiro atoms. The molecule has 2 rings (SSSR count). The molecule has 0 N–H and O–H groups in total. The predicted octanol–water partition coefficient (Wildman–Crippen LogP) is 7.53. The first-order valence-electron chi connectivity index (χ1n) is 10.5. The minimum absolute atomic E-state index is 0.564. The first kappa shape index (κ1) is 24.3. The molecule has 0 aromatic heterocycles. The fourth-order valence-electron chi connectivity index (χ4n) is 4.05. The van der Waals surface area contributed by atoms with E-state index in [1.165, 1.54) is 81.1 Å². The molecule has 0 aromatic carbocycles. The van der Waals surface area contributed by atoms with Crippen molar-refractivity contribution in [3.8, 4) is 12.8 Å². The quantitative estimate of drug-likeness (QED) is 0.0912. The van der Waals surface area contributed by atoms with Crippen molar-refractivity contribution >= 4 is 26.4 Å². The van der Waals surface area contributed by atoms with E-state index < -0.39 is 20.2 Å². The molecule has 0 aliphatic heterocycles. The van der Waals surface area contributed by atoms with E-state index in [9.17, 15) is 0 Å². The van der Waals surface area contributed by atoms with Gasteiger partial charge in [-0.25, -0.2) is 0 Å². The first-order valence-corrected chi connectivity index (χ1v) is 15.7. The molecule has 154 valence electrons. The maximum atomic E-state index is 6.46. The Hall–Kier alpha value is -0.760. The summed E-state index contributed by atoms with van der Waals surface area (Å²) in [4.78, 5) is 9.48. The van der Waals surface area contributed by atoms with Gasteiger partial charge in [-0.3, -0.25) is 0 Å². The number of nitrogens with zero attached hydrogens (tertiary/aromatic N) is 1. The van der Waals surface area contributed by atoms with E-state index in [1.54, 1.807) is 0 Å². The topological polar surface area (TPSA) is 21.6 Å². The summed E-state index contributed by atoms with van der Waals surface area (Å²) in [7, 11) is 0. The van der Waals surface area contributed by atoms with E-state index in [4.69, 9.17) is 8.06 Å². The molecule has 3 heteroatoms. The Labute approximate surface area is 176 Å². The Morgan fingerprint density at radius 1 is 0.963 bits per heavy atom. The summed E-state index contributed by atoms with van der Waals surface area (Å²) in [6.45, 7) is 4.43. The molecule has 0 atom stereocenters. The standard InChI is InChI=1S/C22H38INO.C2H2/c1-18(2)17-21(19-11-7-5-8-12-19)22(25-23(3)4)15-16-24-20-13-9-6-10-14-20;1-2/h16-17,19-20H,5-15H2,1-4H3;1-2H/b22-21-,24-16?;. The zero-order chi connectivity index (χ0) is 20.1. The van der Waals surface area contributed by atoms with Gasteiger partial charge in [-0.15, -0.1) is 12.8 Å². The molecule has 2 aliphatic carbocycles. The van der Waals surface area contributed by atoms with E-state index in [2.05, 4.69) is 48.8 Å². The number of terminal acetylenes is 1. The second-order valence-electron chi connectivity index (χ2n) is 8.03. The summed E-state index contributed by atoms with van der Waals surface area (Å²) in [5.41, 5.74) is 2.87. The number of halogens is 1. The van der Waals surface area contributed by atoms with Crippen LogP contribution in [0.1, 0.15) is 84.5 Å². The summed E-state index contributed by atoms with van der Waals surface area (Å²) in [5.74, 6) is 1.93. The molecule has 0 aromatic rings. The van der Waals surface area contributed by atoms with Crippen molar-refractivity contribution < 1.29 is 3.07 Å². The molecule has 2 saturated carbocycles. The second-order valence-corrected chi connectivity index (χ2v) is 12.4. The summed E-state index contributed by atoms with van der Waals surface area (Å²) < 4.78 is 6.46. The van der Waals surface area contributed by atoms with Crippen LogP contribution in [0.15, 0.2) is 28.0 Å². The van der Waals surface area contributed by atoms with Gasteiger partial charge in [0.15, 0.2) is 0 Å². The van der Waals surface area contributed by atoms with Crippen LogP contribution in [0.3, 0.4) is 0 Å². The summed E-state index contributed by atoms with van der Waals surface area (Å²) in [5, 5.41) is 0. The second kappa shape index (κ2) is 14.3. The first-order chi connectivity index (χ1) is 13.1. The number of hydrogen-bond acceptors (Lipinski definition) is 2. The molecule has 2 fully saturated rings. The molecule has 0 unspecified atom stereocenters. The van der Waals surface area contributed by atoms with E-state index in [1.807, 2.05) is 0 Å². The SMILES string of the molecule is C#C.CC(C)=C/C(=C(\CC=NC1CCCCC1)OI(C)C)C1CCCCC1. The molecule has 27 heavy (non-hydrogen) atoms. The number of alkyl halides is 2. The third-order valence-corrected chi connectivity index (χ3v) is 6.64. The van der Waals surface area contributed by atoms with E-state index >= 15 is 0 Å². The van der Waals surface area contributed by atoms with Gasteiger partial charge in [-0.05, 0) is 0 Å². The average Bonchev–Trinajstić information content (AvgIpc) is 2.68. The Morgan fingerprint density at radius 3 is 2.04 bits per heavy atom. The maximum absolute atomic E-state index is 6.46. The van der Waals surface area contributed by atoms with Crippen LogP contribution >= 0.6 is 20.2 Å². The van der Waals surface area contributed by atoms with Crippen LogP contribution in [-0.2, 0) is 3.07 Å². The molecular formula is C24H40INO. The van der Waals surface area contributed by atoms with Gasteiger partial charge in [0, 0.05) is 0 Å². The van der Waals surface area contributed by atoms with Crippen molar-refractivity contribution in [2.75, 3.05) is 9.86 Å². The molecular weight excluding hydrogens is 445 g/mol. The van der Waals surface area contributed by atoms with Gasteiger partial charge in [0.05, 0.1) is 0 Å². The summed E-state index contributed by atoms with van der Waals surface area (Å²) in [6, 6.07) is 0.564. The Kier molecular flexibility index (Phi) is 12.8. The zero-order valence-electron chi connectivity index (χ0n) is 18.0. The van der Waals surface area contributed by atoms with Crippen molar-refractivity contribution in [3.05, 3.63) is 23.0 Å². The Balaban J connectivity index is 0.00000176. The van der Waals surface area contributed by atoms with Gasteiger partial charge >= 0.3 is 164 Å². The molecule has 2 nitrogen and oxygen atoms in total. The number of allylic oxidation sites excluding steroid dienone is 4. The Bertz CT molecular complexity index is 514. The molecule has 0 heterocycles. The molecule has 0 bridgehead atoms. The fourth-order valence-corrected chi connectivity index (χ4v) is 5.54. The van der Waals surface area contributed by atoms with Crippen LogP contribution in [0, 0.1) is 18.8 Å². The van der Waals surface area contributed by atoms with Gasteiger partial charge in [0.2, 0.25) is 0 Å². The van der Waals surface area contributed by atoms with Crippen molar-refractivity contribution in [3.63, 3.8) is 0 Å². The van der Waals surface area contributed by atoms with Crippen molar-refractivity contribution in [1.29, 1.82) is 0 Å². The minimum atomic E-state index is -1.28. The van der Waals surface area contributed by atoms with Crippen molar-refractivity contribution in [1.82, 2.24) is 0 Å². The average molecular weight is 485 g/mol. The van der Waals surface area contributed by atoms with Crippen LogP contribution < -0.4 is 0 Å². The fraction of sp³-hybridized carbons (Fsp3) is 0.708. The number of aliphatic imine (C=N–C) groups is 1.